The van der Waals surface area contributed by atoms with Crippen LogP contribution in [-0.4, -0.2) is 61.7 Å². The standard InChI is InChI=1S/C22H29N7O2/c1-13-12-18(24-16(4)23-13)28-8-10-29(11-9-28)19(30)7-6-17-14(2)20-15(3)26-27(5)21(20)25-22(17)31/h12H,6-11H2,1-5H3,(H,25,31). The minimum absolute atomic E-state index is 0.0801. The fraction of sp³-hybridized carbons (Fsp3) is 0.500. The average Bonchev–Trinajstić information content (AvgIpc) is 3.00. The van der Waals surface area contributed by atoms with E-state index in [1.807, 2.05) is 45.7 Å². The van der Waals surface area contributed by atoms with E-state index < -0.39 is 0 Å². The first-order valence-corrected chi connectivity index (χ1v) is 10.6. The zero-order valence-electron chi connectivity index (χ0n) is 18.8. The zero-order valence-corrected chi connectivity index (χ0v) is 18.8. The van der Waals surface area contributed by atoms with Crippen LogP contribution < -0.4 is 10.5 Å². The third kappa shape index (κ3) is 4.04. The van der Waals surface area contributed by atoms with E-state index in [1.165, 1.54) is 0 Å². The summed E-state index contributed by atoms with van der Waals surface area (Å²) in [7, 11) is 1.82. The number of amides is 1. The Morgan fingerprint density at radius 1 is 1.10 bits per heavy atom. The Morgan fingerprint density at radius 2 is 1.81 bits per heavy atom. The van der Waals surface area contributed by atoms with E-state index in [1.54, 1.807) is 4.68 Å². The number of carbonyl (C=O) groups excluding carboxylic acids is 1. The van der Waals surface area contributed by atoms with E-state index in [0.717, 1.165) is 52.7 Å². The second-order valence-corrected chi connectivity index (χ2v) is 8.27. The minimum Gasteiger partial charge on any atom is -0.353 e. The third-order valence-corrected chi connectivity index (χ3v) is 6.05. The number of hydrogen-bond acceptors (Lipinski definition) is 6. The fourth-order valence-electron chi connectivity index (χ4n) is 4.49. The van der Waals surface area contributed by atoms with E-state index in [4.69, 9.17) is 0 Å². The molecule has 0 atom stereocenters. The molecule has 1 aliphatic heterocycles. The van der Waals surface area contributed by atoms with Crippen molar-refractivity contribution < 1.29 is 4.79 Å². The smallest absolute Gasteiger partial charge is 0.253 e. The van der Waals surface area contributed by atoms with Crippen LogP contribution in [0.2, 0.25) is 0 Å². The Bertz CT molecular complexity index is 1180. The molecule has 0 aromatic carbocycles. The van der Waals surface area contributed by atoms with Gasteiger partial charge in [-0.15, -0.1) is 0 Å². The van der Waals surface area contributed by atoms with Crippen molar-refractivity contribution in [2.24, 2.45) is 7.05 Å². The molecule has 3 aromatic rings. The van der Waals surface area contributed by atoms with Crippen LogP contribution in [0, 0.1) is 27.7 Å². The first kappa shape index (κ1) is 21.0. The number of fused-ring (bicyclic) bond motifs is 1. The minimum atomic E-state index is -0.139. The van der Waals surface area contributed by atoms with Crippen LogP contribution in [0.4, 0.5) is 5.82 Å². The molecule has 0 spiro atoms. The number of piperazine rings is 1. The van der Waals surface area contributed by atoms with E-state index in [0.29, 0.717) is 31.5 Å². The first-order valence-electron chi connectivity index (χ1n) is 10.6. The highest BCUT2D eigenvalue weighted by molar-refractivity contribution is 5.83. The molecule has 4 rings (SSSR count). The molecule has 1 aliphatic rings. The van der Waals surface area contributed by atoms with Gasteiger partial charge < -0.3 is 14.8 Å². The number of aromatic nitrogens is 5. The number of pyridine rings is 1. The van der Waals surface area contributed by atoms with Crippen LogP contribution in [0.3, 0.4) is 0 Å². The number of nitrogens with zero attached hydrogens (tertiary/aromatic N) is 6. The van der Waals surface area contributed by atoms with Crippen LogP contribution in [0.15, 0.2) is 10.9 Å². The Kier molecular flexibility index (Phi) is 5.51. The molecule has 9 heteroatoms. The van der Waals surface area contributed by atoms with Gasteiger partial charge in [0.15, 0.2) is 0 Å². The fourth-order valence-corrected chi connectivity index (χ4v) is 4.49. The van der Waals surface area contributed by atoms with Gasteiger partial charge in [-0.05, 0) is 39.7 Å². The molecule has 31 heavy (non-hydrogen) atoms. The molecule has 1 N–H and O–H groups in total. The maximum atomic E-state index is 12.8. The summed E-state index contributed by atoms with van der Waals surface area (Å²) in [5.74, 6) is 1.76. The van der Waals surface area contributed by atoms with Gasteiger partial charge in [-0.1, -0.05) is 0 Å². The molecule has 4 heterocycles. The van der Waals surface area contributed by atoms with E-state index >= 15 is 0 Å². The predicted octanol–water partition coefficient (Wildman–Crippen LogP) is 1.57. The molecule has 3 aromatic heterocycles. The van der Waals surface area contributed by atoms with Gasteiger partial charge in [0.25, 0.3) is 5.56 Å². The Morgan fingerprint density at radius 3 is 2.48 bits per heavy atom. The number of rotatable bonds is 4. The quantitative estimate of drug-likeness (QED) is 0.684. The summed E-state index contributed by atoms with van der Waals surface area (Å²) in [5.41, 5.74) is 3.99. The molecular weight excluding hydrogens is 394 g/mol. The van der Waals surface area contributed by atoms with Gasteiger partial charge in [-0.2, -0.15) is 5.10 Å². The molecule has 1 fully saturated rings. The lowest BCUT2D eigenvalue weighted by Gasteiger charge is -2.35. The van der Waals surface area contributed by atoms with E-state index in [-0.39, 0.29) is 11.5 Å². The Hall–Kier alpha value is -3.23. The van der Waals surface area contributed by atoms with Crippen molar-refractivity contribution in [1.29, 1.82) is 0 Å². The lowest BCUT2D eigenvalue weighted by atomic mass is 10.0. The number of hydrogen-bond donors (Lipinski definition) is 1. The van der Waals surface area contributed by atoms with Crippen LogP contribution in [0.25, 0.3) is 11.0 Å². The third-order valence-electron chi connectivity index (χ3n) is 6.05. The summed E-state index contributed by atoms with van der Waals surface area (Å²) >= 11 is 0. The summed E-state index contributed by atoms with van der Waals surface area (Å²) in [6.07, 6.45) is 0.745. The number of carbonyl (C=O) groups is 1. The maximum absolute atomic E-state index is 12.8. The van der Waals surface area contributed by atoms with E-state index in [9.17, 15) is 9.59 Å². The molecular formula is C22H29N7O2. The van der Waals surface area contributed by atoms with Gasteiger partial charge in [0.05, 0.1) is 5.69 Å². The summed E-state index contributed by atoms with van der Waals surface area (Å²) in [5, 5.41) is 5.37. The summed E-state index contributed by atoms with van der Waals surface area (Å²) in [4.78, 5) is 41.3. The second-order valence-electron chi connectivity index (χ2n) is 8.27. The van der Waals surface area contributed by atoms with Crippen molar-refractivity contribution in [3.05, 3.63) is 44.8 Å². The second kappa shape index (κ2) is 8.13. The van der Waals surface area contributed by atoms with Crippen molar-refractivity contribution >= 4 is 22.8 Å². The number of anilines is 1. The number of nitrogens with one attached hydrogen (secondary N) is 1. The predicted molar refractivity (Wildman–Crippen MR) is 119 cm³/mol. The molecule has 1 amide bonds. The Labute approximate surface area is 181 Å². The topological polar surface area (TPSA) is 100 Å². The Balaban J connectivity index is 1.41. The van der Waals surface area contributed by atoms with Crippen LogP contribution >= 0.6 is 0 Å². The van der Waals surface area contributed by atoms with Gasteiger partial charge in [0, 0.05) is 62.4 Å². The molecule has 0 bridgehead atoms. The largest absolute Gasteiger partial charge is 0.353 e. The normalized spacial score (nSPS) is 14.5. The summed E-state index contributed by atoms with van der Waals surface area (Å²) in [6, 6.07) is 1.98. The SMILES string of the molecule is Cc1cc(N2CCN(C(=O)CCc3c(C)c4c(C)nn(C)c4[nH]c3=O)CC2)nc(C)n1. The maximum Gasteiger partial charge on any atom is 0.253 e. The van der Waals surface area contributed by atoms with Crippen LogP contribution in [0.1, 0.15) is 34.8 Å². The van der Waals surface area contributed by atoms with Gasteiger partial charge in [0.1, 0.15) is 17.3 Å². The summed E-state index contributed by atoms with van der Waals surface area (Å²) in [6.45, 7) is 10.5. The van der Waals surface area contributed by atoms with Crippen molar-refractivity contribution in [3.63, 3.8) is 0 Å². The zero-order chi connectivity index (χ0) is 22.3. The number of H-pyrrole nitrogens is 1. The number of aryl methyl sites for hydroxylation is 5. The highest BCUT2D eigenvalue weighted by Gasteiger charge is 2.23. The van der Waals surface area contributed by atoms with Crippen molar-refractivity contribution in [2.75, 3.05) is 31.1 Å². The average molecular weight is 424 g/mol. The molecule has 9 nitrogen and oxygen atoms in total. The highest BCUT2D eigenvalue weighted by atomic mass is 16.2. The monoisotopic (exact) mass is 423 g/mol. The number of aromatic amines is 1. The molecule has 0 aliphatic carbocycles. The van der Waals surface area contributed by atoms with Crippen molar-refractivity contribution in [3.8, 4) is 0 Å². The van der Waals surface area contributed by atoms with Crippen molar-refractivity contribution in [2.45, 2.75) is 40.5 Å². The van der Waals surface area contributed by atoms with Gasteiger partial charge in [-0.25, -0.2) is 9.97 Å². The molecule has 0 unspecified atom stereocenters. The molecule has 164 valence electrons. The van der Waals surface area contributed by atoms with Crippen molar-refractivity contribution in [1.82, 2.24) is 29.6 Å². The van der Waals surface area contributed by atoms with Crippen LogP contribution in [-0.2, 0) is 18.3 Å². The lowest BCUT2D eigenvalue weighted by Crippen LogP contribution is -2.49. The van der Waals surface area contributed by atoms with Gasteiger partial charge in [-0.3, -0.25) is 14.3 Å². The lowest BCUT2D eigenvalue weighted by molar-refractivity contribution is -0.131. The summed E-state index contributed by atoms with van der Waals surface area (Å²) < 4.78 is 1.69. The van der Waals surface area contributed by atoms with Gasteiger partial charge >= 0.3 is 0 Å². The highest BCUT2D eigenvalue weighted by Crippen LogP contribution is 2.22. The van der Waals surface area contributed by atoms with E-state index in [2.05, 4.69) is 25.0 Å². The molecule has 1 saturated heterocycles. The van der Waals surface area contributed by atoms with Crippen LogP contribution in [0.5, 0.6) is 0 Å². The first-order chi connectivity index (χ1) is 14.7. The molecule has 0 radical (unpaired) electrons. The molecule has 0 saturated carbocycles. The van der Waals surface area contributed by atoms with Gasteiger partial charge in [0.2, 0.25) is 5.91 Å².